The summed E-state index contributed by atoms with van der Waals surface area (Å²) in [4.78, 5) is 11.3. The molecular weight excluding hydrogens is 318 g/mol. The van der Waals surface area contributed by atoms with E-state index in [0.717, 1.165) is 24.5 Å². The van der Waals surface area contributed by atoms with Crippen LogP contribution in [0.15, 0.2) is 48.8 Å². The number of aromatic nitrogens is 2. The van der Waals surface area contributed by atoms with E-state index in [1.54, 1.807) is 7.11 Å². The minimum Gasteiger partial charge on any atom is -0.376 e. The van der Waals surface area contributed by atoms with Crippen molar-refractivity contribution in [3.05, 3.63) is 60.2 Å². The van der Waals surface area contributed by atoms with Crippen molar-refractivity contribution in [2.24, 2.45) is 0 Å². The Morgan fingerprint density at radius 3 is 2.16 bits per heavy atom. The second-order valence-corrected chi connectivity index (χ2v) is 6.48. The molecule has 2 aromatic rings. The molecule has 2 aromatic heterocycles. The number of hydrogen-bond acceptors (Lipinski definition) is 6. The van der Waals surface area contributed by atoms with Gasteiger partial charge >= 0.3 is 0 Å². The van der Waals surface area contributed by atoms with Gasteiger partial charge in [-0.15, -0.1) is 0 Å². The topological polar surface area (TPSA) is 56.7 Å². The number of fused-ring (bicyclic) bond motifs is 1. The first kappa shape index (κ1) is 16.6. The van der Waals surface area contributed by atoms with Crippen LogP contribution in [0.25, 0.3) is 0 Å². The highest BCUT2D eigenvalue weighted by Crippen LogP contribution is 2.32. The van der Waals surface area contributed by atoms with Crippen LogP contribution < -0.4 is 0 Å². The second-order valence-electron chi connectivity index (χ2n) is 6.48. The molecule has 132 valence electrons. The van der Waals surface area contributed by atoms with Crippen LogP contribution in [0.3, 0.4) is 0 Å². The molecule has 2 saturated heterocycles. The van der Waals surface area contributed by atoms with E-state index in [4.69, 9.17) is 14.2 Å². The Kier molecular flexibility index (Phi) is 5.03. The van der Waals surface area contributed by atoms with Gasteiger partial charge in [0.05, 0.1) is 30.6 Å². The molecule has 4 rings (SSSR count). The van der Waals surface area contributed by atoms with Gasteiger partial charge in [-0.2, -0.15) is 0 Å². The van der Waals surface area contributed by atoms with E-state index in [-0.39, 0.29) is 24.4 Å². The zero-order valence-electron chi connectivity index (χ0n) is 14.3. The summed E-state index contributed by atoms with van der Waals surface area (Å²) in [5.74, 6) is 0. The van der Waals surface area contributed by atoms with Crippen molar-refractivity contribution in [1.29, 1.82) is 0 Å². The summed E-state index contributed by atoms with van der Waals surface area (Å²) in [5.41, 5.74) is 2.06. The molecule has 0 N–H and O–H groups in total. The Morgan fingerprint density at radius 2 is 1.60 bits per heavy atom. The average molecular weight is 341 g/mol. The predicted molar refractivity (Wildman–Crippen MR) is 91.8 cm³/mol. The Labute approximate surface area is 147 Å². The number of pyridine rings is 2. The maximum Gasteiger partial charge on any atom is 0.114 e. The fourth-order valence-electron chi connectivity index (χ4n) is 3.65. The quantitative estimate of drug-likeness (QED) is 0.796. The normalized spacial score (nSPS) is 28.4. The highest BCUT2D eigenvalue weighted by molar-refractivity contribution is 5.09. The van der Waals surface area contributed by atoms with E-state index >= 15 is 0 Å². The van der Waals surface area contributed by atoms with E-state index in [0.29, 0.717) is 13.2 Å². The lowest BCUT2D eigenvalue weighted by molar-refractivity contribution is -0.0131. The van der Waals surface area contributed by atoms with Gasteiger partial charge in [0.1, 0.15) is 18.3 Å². The van der Waals surface area contributed by atoms with E-state index in [1.165, 1.54) is 0 Å². The number of nitrogens with zero attached hydrogens (tertiary/aromatic N) is 3. The fraction of sp³-hybridized carbons (Fsp3) is 0.474. The second kappa shape index (κ2) is 7.58. The van der Waals surface area contributed by atoms with Gasteiger partial charge in [-0.1, -0.05) is 12.1 Å². The highest BCUT2D eigenvalue weighted by Gasteiger charge is 2.49. The highest BCUT2D eigenvalue weighted by atomic mass is 16.6. The molecule has 6 heteroatoms. The molecule has 2 aliphatic rings. The predicted octanol–water partition coefficient (Wildman–Crippen LogP) is 1.66. The first-order chi connectivity index (χ1) is 12.3. The van der Waals surface area contributed by atoms with Crippen LogP contribution in [0.5, 0.6) is 0 Å². The van der Waals surface area contributed by atoms with E-state index < -0.39 is 0 Å². The van der Waals surface area contributed by atoms with Gasteiger partial charge in [-0.3, -0.25) is 14.9 Å². The molecule has 0 aromatic carbocycles. The van der Waals surface area contributed by atoms with Gasteiger partial charge in [0.2, 0.25) is 0 Å². The summed E-state index contributed by atoms with van der Waals surface area (Å²) < 4.78 is 17.5. The van der Waals surface area contributed by atoms with Crippen molar-refractivity contribution in [2.45, 2.75) is 37.4 Å². The summed E-state index contributed by atoms with van der Waals surface area (Å²) in [6.07, 6.45) is 3.70. The van der Waals surface area contributed by atoms with Gasteiger partial charge in [-0.25, -0.2) is 0 Å². The maximum atomic E-state index is 6.02. The van der Waals surface area contributed by atoms with Crippen LogP contribution in [0.2, 0.25) is 0 Å². The zero-order chi connectivity index (χ0) is 17.1. The van der Waals surface area contributed by atoms with Crippen molar-refractivity contribution in [1.82, 2.24) is 14.9 Å². The molecule has 4 atom stereocenters. The first-order valence-corrected chi connectivity index (χ1v) is 8.65. The van der Waals surface area contributed by atoms with Crippen LogP contribution in [0.1, 0.15) is 11.4 Å². The Bertz CT molecular complexity index is 629. The number of methoxy groups -OCH3 is 1. The Balaban J connectivity index is 1.55. The van der Waals surface area contributed by atoms with Gasteiger partial charge < -0.3 is 14.2 Å². The van der Waals surface area contributed by atoms with Gasteiger partial charge in [0.15, 0.2) is 0 Å². The summed E-state index contributed by atoms with van der Waals surface area (Å²) in [7, 11) is 1.71. The lowest BCUT2D eigenvalue weighted by Crippen LogP contribution is -2.44. The average Bonchev–Trinajstić information content (AvgIpc) is 3.24. The minimum atomic E-state index is 0.00460. The molecule has 6 nitrogen and oxygen atoms in total. The molecule has 2 aliphatic heterocycles. The smallest absolute Gasteiger partial charge is 0.114 e. The molecule has 0 aliphatic carbocycles. The third-order valence-corrected chi connectivity index (χ3v) is 4.94. The Hall–Kier alpha value is -1.86. The van der Waals surface area contributed by atoms with Crippen LogP contribution >= 0.6 is 0 Å². The van der Waals surface area contributed by atoms with Crippen LogP contribution in [-0.2, 0) is 27.3 Å². The number of ether oxygens (including phenoxy) is 3. The summed E-state index contributed by atoms with van der Waals surface area (Å²) >= 11 is 0. The number of rotatable bonds is 6. The zero-order valence-corrected chi connectivity index (χ0v) is 14.3. The van der Waals surface area contributed by atoms with Crippen LogP contribution in [-0.4, -0.2) is 59.5 Å². The number of hydrogen-bond donors (Lipinski definition) is 0. The SMILES string of the molecule is COC1COC2C1OCC2N(Cc1ccccn1)Cc1ccccn1. The third-order valence-electron chi connectivity index (χ3n) is 4.94. The van der Waals surface area contributed by atoms with Gasteiger partial charge in [0, 0.05) is 32.6 Å². The molecule has 25 heavy (non-hydrogen) atoms. The molecule has 4 heterocycles. The van der Waals surface area contributed by atoms with E-state index in [1.807, 2.05) is 48.8 Å². The first-order valence-electron chi connectivity index (χ1n) is 8.65. The standard InChI is InChI=1S/C19H23N3O3/c1-23-17-13-25-18-16(12-24-19(17)18)22(10-14-6-2-4-8-20-14)11-15-7-3-5-9-21-15/h2-9,16-19H,10-13H2,1H3. The van der Waals surface area contributed by atoms with E-state index in [2.05, 4.69) is 14.9 Å². The largest absolute Gasteiger partial charge is 0.376 e. The van der Waals surface area contributed by atoms with E-state index in [9.17, 15) is 0 Å². The van der Waals surface area contributed by atoms with Crippen LogP contribution in [0, 0.1) is 0 Å². The summed E-state index contributed by atoms with van der Waals surface area (Å²) in [6, 6.07) is 12.2. The van der Waals surface area contributed by atoms with Gasteiger partial charge in [-0.05, 0) is 24.3 Å². The molecule has 2 fully saturated rings. The summed E-state index contributed by atoms with van der Waals surface area (Å²) in [6.45, 7) is 2.68. The molecule has 0 bridgehead atoms. The molecule has 4 unspecified atom stereocenters. The molecule has 0 saturated carbocycles. The molecule has 0 radical (unpaired) electrons. The van der Waals surface area contributed by atoms with Crippen molar-refractivity contribution in [3.8, 4) is 0 Å². The lowest BCUT2D eigenvalue weighted by atomic mass is 10.1. The molecular formula is C19H23N3O3. The minimum absolute atomic E-state index is 0.00460. The summed E-state index contributed by atoms with van der Waals surface area (Å²) in [5, 5.41) is 0. The van der Waals surface area contributed by atoms with Crippen molar-refractivity contribution in [3.63, 3.8) is 0 Å². The van der Waals surface area contributed by atoms with Crippen molar-refractivity contribution >= 4 is 0 Å². The lowest BCUT2D eigenvalue weighted by Gasteiger charge is -2.30. The fourth-order valence-corrected chi connectivity index (χ4v) is 3.65. The Morgan fingerprint density at radius 1 is 0.960 bits per heavy atom. The molecule has 0 amide bonds. The third kappa shape index (κ3) is 3.57. The van der Waals surface area contributed by atoms with Crippen molar-refractivity contribution in [2.75, 3.05) is 20.3 Å². The van der Waals surface area contributed by atoms with Gasteiger partial charge in [0.25, 0.3) is 0 Å². The maximum absolute atomic E-state index is 6.02. The molecule has 0 spiro atoms. The monoisotopic (exact) mass is 341 g/mol. The van der Waals surface area contributed by atoms with Crippen LogP contribution in [0.4, 0.5) is 0 Å². The van der Waals surface area contributed by atoms with Crippen molar-refractivity contribution < 1.29 is 14.2 Å².